The molecule has 1 aliphatic rings. The van der Waals surface area contributed by atoms with Crippen LogP contribution in [0, 0.1) is 0 Å². The normalized spacial score (nSPS) is 12.5. The molecule has 0 bridgehead atoms. The van der Waals surface area contributed by atoms with E-state index >= 15 is 0 Å². The molecule has 0 spiro atoms. The minimum Gasteiger partial charge on any atom is -0.486 e. The quantitative estimate of drug-likeness (QED) is 0.462. The predicted molar refractivity (Wildman–Crippen MR) is 121 cm³/mol. The number of fused-ring (bicyclic) bond motifs is 1. The standard InChI is InChI=1S/C22H23ClN4O4S/c1-26(12-15-3-8-18-19(11-15)30-10-9-29-18)21(28)14-32-22-25-24-20(27(22)2)13-31-17-6-4-16(23)5-7-17/h3-8,11H,9-10,12-14H2,1-2H3. The molecule has 4 rings (SSSR count). The van der Waals surface area contributed by atoms with Gasteiger partial charge in [0.15, 0.2) is 22.5 Å². The van der Waals surface area contributed by atoms with Crippen LogP contribution in [0.3, 0.4) is 0 Å². The first kappa shape index (κ1) is 22.3. The highest BCUT2D eigenvalue weighted by Crippen LogP contribution is 2.31. The lowest BCUT2D eigenvalue weighted by atomic mass is 10.2. The maximum Gasteiger partial charge on any atom is 0.233 e. The van der Waals surface area contributed by atoms with Crippen molar-refractivity contribution in [2.45, 2.75) is 18.3 Å². The summed E-state index contributed by atoms with van der Waals surface area (Å²) in [5.41, 5.74) is 0.982. The van der Waals surface area contributed by atoms with Crippen molar-refractivity contribution >= 4 is 29.3 Å². The van der Waals surface area contributed by atoms with Crippen LogP contribution in [0.1, 0.15) is 11.4 Å². The van der Waals surface area contributed by atoms with E-state index in [2.05, 4.69) is 10.2 Å². The Kier molecular flexibility index (Phi) is 7.06. The molecule has 0 saturated carbocycles. The molecule has 3 aromatic rings. The lowest BCUT2D eigenvalue weighted by molar-refractivity contribution is -0.127. The van der Waals surface area contributed by atoms with Gasteiger partial charge in [-0.25, -0.2) is 0 Å². The van der Waals surface area contributed by atoms with Crippen molar-refractivity contribution in [3.05, 3.63) is 58.9 Å². The molecule has 0 atom stereocenters. The molecule has 0 unspecified atom stereocenters. The molecule has 0 saturated heterocycles. The Morgan fingerprint density at radius 1 is 1.16 bits per heavy atom. The van der Waals surface area contributed by atoms with Crippen molar-refractivity contribution < 1.29 is 19.0 Å². The number of nitrogens with zero attached hydrogens (tertiary/aromatic N) is 4. The number of amides is 1. The lowest BCUT2D eigenvalue weighted by Crippen LogP contribution is -2.28. The maximum absolute atomic E-state index is 12.6. The summed E-state index contributed by atoms with van der Waals surface area (Å²) >= 11 is 7.23. The van der Waals surface area contributed by atoms with Crippen LogP contribution >= 0.6 is 23.4 Å². The molecule has 0 N–H and O–H groups in total. The summed E-state index contributed by atoms with van der Waals surface area (Å²) in [7, 11) is 3.63. The molecule has 1 aromatic heterocycles. The summed E-state index contributed by atoms with van der Waals surface area (Å²) in [5, 5.41) is 9.65. The van der Waals surface area contributed by atoms with Crippen LogP contribution in [-0.4, -0.2) is 51.6 Å². The van der Waals surface area contributed by atoms with Crippen LogP contribution in [0.2, 0.25) is 5.02 Å². The van der Waals surface area contributed by atoms with Crippen LogP contribution in [0.15, 0.2) is 47.6 Å². The van der Waals surface area contributed by atoms with Crippen molar-refractivity contribution in [3.8, 4) is 17.2 Å². The van der Waals surface area contributed by atoms with Crippen molar-refractivity contribution in [2.75, 3.05) is 26.0 Å². The molecular weight excluding hydrogens is 452 g/mol. The first-order valence-corrected chi connectivity index (χ1v) is 11.4. The van der Waals surface area contributed by atoms with Gasteiger partial charge in [0, 0.05) is 25.7 Å². The molecular formula is C22H23ClN4O4S. The number of carbonyl (C=O) groups is 1. The zero-order valence-corrected chi connectivity index (χ0v) is 19.4. The lowest BCUT2D eigenvalue weighted by Gasteiger charge is -2.21. The van der Waals surface area contributed by atoms with Gasteiger partial charge in [0.2, 0.25) is 5.91 Å². The Balaban J connectivity index is 1.28. The summed E-state index contributed by atoms with van der Waals surface area (Å²) < 4.78 is 18.7. The SMILES string of the molecule is CN(Cc1ccc2c(c1)OCCO2)C(=O)CSc1nnc(COc2ccc(Cl)cc2)n1C. The summed E-state index contributed by atoms with van der Waals surface area (Å²) in [4.78, 5) is 14.3. The van der Waals surface area contributed by atoms with Gasteiger partial charge >= 0.3 is 0 Å². The second-order valence-corrected chi connectivity index (χ2v) is 8.60. The number of thioether (sulfide) groups is 1. The van der Waals surface area contributed by atoms with E-state index in [0.29, 0.717) is 41.5 Å². The number of halogens is 1. The van der Waals surface area contributed by atoms with Gasteiger partial charge in [-0.05, 0) is 42.0 Å². The molecule has 0 fully saturated rings. The zero-order chi connectivity index (χ0) is 22.5. The molecule has 168 valence electrons. The van der Waals surface area contributed by atoms with Crippen LogP contribution in [0.5, 0.6) is 17.2 Å². The molecule has 2 aromatic carbocycles. The fraction of sp³-hybridized carbons (Fsp3) is 0.318. The first-order chi connectivity index (χ1) is 15.5. The fourth-order valence-corrected chi connectivity index (χ4v) is 4.06. The number of hydrogen-bond donors (Lipinski definition) is 0. The van der Waals surface area contributed by atoms with E-state index in [1.54, 1.807) is 36.2 Å². The van der Waals surface area contributed by atoms with Crippen molar-refractivity contribution in [2.24, 2.45) is 7.05 Å². The Morgan fingerprint density at radius 2 is 1.91 bits per heavy atom. The molecule has 10 heteroatoms. The Bertz CT molecular complexity index is 1090. The predicted octanol–water partition coefficient (Wildman–Crippen LogP) is 3.57. The highest BCUT2D eigenvalue weighted by atomic mass is 35.5. The third-order valence-corrected chi connectivity index (χ3v) is 6.14. The molecule has 32 heavy (non-hydrogen) atoms. The van der Waals surface area contributed by atoms with E-state index in [1.165, 1.54) is 11.8 Å². The fourth-order valence-electron chi connectivity index (χ4n) is 3.06. The maximum atomic E-state index is 12.6. The van der Waals surface area contributed by atoms with Gasteiger partial charge < -0.3 is 23.7 Å². The van der Waals surface area contributed by atoms with Gasteiger partial charge in [-0.3, -0.25) is 4.79 Å². The van der Waals surface area contributed by atoms with Crippen molar-refractivity contribution in [1.29, 1.82) is 0 Å². The van der Waals surface area contributed by atoms with Crippen molar-refractivity contribution in [3.63, 3.8) is 0 Å². The molecule has 8 nitrogen and oxygen atoms in total. The van der Waals surface area contributed by atoms with E-state index in [0.717, 1.165) is 17.1 Å². The van der Waals surface area contributed by atoms with Crippen LogP contribution < -0.4 is 14.2 Å². The average Bonchev–Trinajstić information content (AvgIpc) is 3.16. The number of hydrogen-bond acceptors (Lipinski definition) is 7. The van der Waals surface area contributed by atoms with Gasteiger partial charge in [0.1, 0.15) is 25.6 Å². The second-order valence-electron chi connectivity index (χ2n) is 7.22. The molecule has 1 aliphatic heterocycles. The van der Waals surface area contributed by atoms with Gasteiger partial charge in [0.25, 0.3) is 0 Å². The van der Waals surface area contributed by atoms with E-state index in [-0.39, 0.29) is 18.3 Å². The topological polar surface area (TPSA) is 78.7 Å². The van der Waals surface area contributed by atoms with E-state index in [9.17, 15) is 4.79 Å². The summed E-state index contributed by atoms with van der Waals surface area (Å²) in [5.74, 6) is 3.07. The average molecular weight is 475 g/mol. The molecule has 0 aliphatic carbocycles. The summed E-state index contributed by atoms with van der Waals surface area (Å²) in [6, 6.07) is 12.9. The Morgan fingerprint density at radius 3 is 2.69 bits per heavy atom. The molecule has 0 radical (unpaired) electrons. The smallest absolute Gasteiger partial charge is 0.233 e. The highest BCUT2D eigenvalue weighted by molar-refractivity contribution is 7.99. The minimum absolute atomic E-state index is 0.00754. The third kappa shape index (κ3) is 5.46. The van der Waals surface area contributed by atoms with Gasteiger partial charge in [-0.2, -0.15) is 0 Å². The summed E-state index contributed by atoms with van der Waals surface area (Å²) in [6.45, 7) is 1.84. The second kappa shape index (κ2) is 10.1. The number of aromatic nitrogens is 3. The highest BCUT2D eigenvalue weighted by Gasteiger charge is 2.16. The Hall–Kier alpha value is -2.91. The molecule has 2 heterocycles. The number of benzene rings is 2. The van der Waals surface area contributed by atoms with Gasteiger partial charge in [-0.1, -0.05) is 29.4 Å². The number of rotatable bonds is 8. The minimum atomic E-state index is -0.00754. The number of carbonyl (C=O) groups excluding carboxylic acids is 1. The van der Waals surface area contributed by atoms with E-state index in [4.69, 9.17) is 25.8 Å². The number of ether oxygens (including phenoxy) is 3. The van der Waals surface area contributed by atoms with Gasteiger partial charge in [0.05, 0.1) is 5.75 Å². The third-order valence-electron chi connectivity index (χ3n) is 4.88. The first-order valence-electron chi connectivity index (χ1n) is 10.0. The Labute approximate surface area is 195 Å². The largest absolute Gasteiger partial charge is 0.486 e. The molecule has 1 amide bonds. The van der Waals surface area contributed by atoms with Crippen molar-refractivity contribution in [1.82, 2.24) is 19.7 Å². The van der Waals surface area contributed by atoms with E-state index in [1.807, 2.05) is 29.8 Å². The zero-order valence-electron chi connectivity index (χ0n) is 17.8. The van der Waals surface area contributed by atoms with Gasteiger partial charge in [-0.15, -0.1) is 10.2 Å². The monoisotopic (exact) mass is 474 g/mol. The van der Waals surface area contributed by atoms with Crippen LogP contribution in [0.25, 0.3) is 0 Å². The van der Waals surface area contributed by atoms with E-state index < -0.39 is 0 Å². The van der Waals surface area contributed by atoms with Crippen LogP contribution in [-0.2, 0) is 25.0 Å². The summed E-state index contributed by atoms with van der Waals surface area (Å²) in [6.07, 6.45) is 0. The van der Waals surface area contributed by atoms with Crippen LogP contribution in [0.4, 0.5) is 0 Å².